The van der Waals surface area contributed by atoms with Crippen LogP contribution in [0.15, 0.2) is 66.2 Å². The number of carbonyl (C=O) groups excluding carboxylic acids is 3. The number of Topliss-reactive ketones (excluding diaryl/α,β-unsaturated/α-hetero) is 1. The minimum Gasteiger partial charge on any atom is -0.507 e. The number of hydrogen-bond donors (Lipinski definition) is 1. The Bertz CT molecular complexity index is 1620. The molecular formula is C29H24N2O6S. The summed E-state index contributed by atoms with van der Waals surface area (Å²) in [5.74, 6) is -1.87. The summed E-state index contributed by atoms with van der Waals surface area (Å²) >= 11 is 1.30. The van der Waals surface area contributed by atoms with Gasteiger partial charge >= 0.3 is 11.9 Å². The van der Waals surface area contributed by atoms with Crippen LogP contribution in [0.3, 0.4) is 0 Å². The van der Waals surface area contributed by atoms with E-state index in [1.807, 2.05) is 26.0 Å². The van der Waals surface area contributed by atoms with Gasteiger partial charge in [-0.3, -0.25) is 14.5 Å². The number of anilines is 1. The van der Waals surface area contributed by atoms with Crippen LogP contribution < -0.4 is 9.64 Å². The van der Waals surface area contributed by atoms with Crippen LogP contribution in [0.1, 0.15) is 38.7 Å². The Morgan fingerprint density at radius 2 is 1.63 bits per heavy atom. The molecule has 192 valence electrons. The van der Waals surface area contributed by atoms with E-state index in [0.717, 1.165) is 21.3 Å². The molecule has 8 nitrogen and oxygen atoms in total. The molecule has 0 radical (unpaired) electrons. The molecule has 1 aromatic heterocycles. The highest BCUT2D eigenvalue weighted by Crippen LogP contribution is 2.44. The van der Waals surface area contributed by atoms with Crippen molar-refractivity contribution in [2.75, 3.05) is 19.1 Å². The quantitative estimate of drug-likeness (QED) is 0.161. The molecule has 4 aromatic rings. The lowest BCUT2D eigenvalue weighted by Gasteiger charge is -2.23. The summed E-state index contributed by atoms with van der Waals surface area (Å²) in [5.41, 5.74) is 3.88. The summed E-state index contributed by atoms with van der Waals surface area (Å²) in [6.07, 6.45) is 0. The highest BCUT2D eigenvalue weighted by Gasteiger charge is 2.48. The van der Waals surface area contributed by atoms with Crippen molar-refractivity contribution in [2.45, 2.75) is 19.9 Å². The second kappa shape index (κ2) is 9.75. The Kier molecular flexibility index (Phi) is 6.46. The Morgan fingerprint density at radius 1 is 0.974 bits per heavy atom. The van der Waals surface area contributed by atoms with E-state index >= 15 is 0 Å². The van der Waals surface area contributed by atoms with Crippen molar-refractivity contribution in [3.8, 4) is 5.75 Å². The average molecular weight is 529 g/mol. The van der Waals surface area contributed by atoms with Gasteiger partial charge in [0.2, 0.25) is 0 Å². The van der Waals surface area contributed by atoms with Crippen molar-refractivity contribution < 1.29 is 29.0 Å². The maximum atomic E-state index is 13.5. The number of nitrogens with zero attached hydrogens (tertiary/aromatic N) is 2. The van der Waals surface area contributed by atoms with Crippen molar-refractivity contribution >= 4 is 50.1 Å². The van der Waals surface area contributed by atoms with E-state index in [0.29, 0.717) is 27.6 Å². The molecular weight excluding hydrogens is 504 g/mol. The van der Waals surface area contributed by atoms with Crippen LogP contribution in [0.5, 0.6) is 5.75 Å². The van der Waals surface area contributed by atoms with Gasteiger partial charge in [0, 0.05) is 5.56 Å². The van der Waals surface area contributed by atoms with Crippen LogP contribution in [0, 0.1) is 13.8 Å². The van der Waals surface area contributed by atoms with Crippen LogP contribution in [-0.4, -0.2) is 42.0 Å². The van der Waals surface area contributed by atoms with Crippen molar-refractivity contribution in [3.05, 3.63) is 94.1 Å². The number of benzene rings is 3. The summed E-state index contributed by atoms with van der Waals surface area (Å²) in [6.45, 7) is 3.93. The normalized spacial score (nSPS) is 16.7. The van der Waals surface area contributed by atoms with E-state index in [2.05, 4.69) is 0 Å². The van der Waals surface area contributed by atoms with Gasteiger partial charge in [0.05, 0.1) is 41.6 Å². The Morgan fingerprint density at radius 3 is 2.26 bits per heavy atom. The number of ether oxygens (including phenoxy) is 2. The zero-order valence-corrected chi connectivity index (χ0v) is 22.0. The molecule has 5 rings (SSSR count). The lowest BCUT2D eigenvalue weighted by molar-refractivity contribution is -0.132. The molecule has 2 heterocycles. The highest BCUT2D eigenvalue weighted by atomic mass is 32.1. The zero-order chi connectivity index (χ0) is 27.1. The van der Waals surface area contributed by atoms with Crippen molar-refractivity contribution in [1.29, 1.82) is 0 Å². The molecule has 0 saturated carbocycles. The molecule has 1 amide bonds. The lowest BCUT2D eigenvalue weighted by atomic mass is 9.94. The molecule has 1 N–H and O–H groups in total. The van der Waals surface area contributed by atoms with E-state index in [9.17, 15) is 19.5 Å². The molecule has 0 bridgehead atoms. The van der Waals surface area contributed by atoms with Crippen LogP contribution >= 0.6 is 11.3 Å². The van der Waals surface area contributed by atoms with Gasteiger partial charge in [-0.15, -0.1) is 0 Å². The average Bonchev–Trinajstić information content (AvgIpc) is 3.46. The minimum absolute atomic E-state index is 0.0712. The van der Waals surface area contributed by atoms with Crippen LogP contribution in [0.4, 0.5) is 5.13 Å². The number of thiazole rings is 1. The summed E-state index contributed by atoms with van der Waals surface area (Å²) in [6, 6.07) is 16.0. The fourth-order valence-corrected chi connectivity index (χ4v) is 5.80. The molecule has 1 aliphatic heterocycles. The lowest BCUT2D eigenvalue weighted by Crippen LogP contribution is -2.29. The third-order valence-corrected chi connectivity index (χ3v) is 7.48. The number of aliphatic hydroxyl groups is 1. The molecule has 1 atom stereocenters. The predicted octanol–water partition coefficient (Wildman–Crippen LogP) is 5.33. The smallest absolute Gasteiger partial charge is 0.337 e. The zero-order valence-electron chi connectivity index (χ0n) is 21.1. The largest absolute Gasteiger partial charge is 0.507 e. The fourth-order valence-electron chi connectivity index (χ4n) is 4.63. The number of methoxy groups -OCH3 is 2. The predicted molar refractivity (Wildman–Crippen MR) is 145 cm³/mol. The summed E-state index contributed by atoms with van der Waals surface area (Å²) < 4.78 is 10.9. The molecule has 9 heteroatoms. The maximum Gasteiger partial charge on any atom is 0.337 e. The molecule has 3 aromatic carbocycles. The Hall–Kier alpha value is -4.50. The number of aryl methyl sites for hydroxylation is 2. The first-order chi connectivity index (χ1) is 18.2. The summed E-state index contributed by atoms with van der Waals surface area (Å²) in [7, 11) is 2.82. The van der Waals surface area contributed by atoms with Crippen molar-refractivity contribution in [2.24, 2.45) is 0 Å². The molecule has 1 saturated heterocycles. The summed E-state index contributed by atoms with van der Waals surface area (Å²) in [4.78, 5) is 45.0. The number of fused-ring (bicyclic) bond motifs is 1. The second-order valence-corrected chi connectivity index (χ2v) is 9.95. The number of hydrogen-bond acceptors (Lipinski definition) is 8. The van der Waals surface area contributed by atoms with Gasteiger partial charge in [-0.2, -0.15) is 0 Å². The topological polar surface area (TPSA) is 106 Å². The number of esters is 1. The minimum atomic E-state index is -0.967. The van der Waals surface area contributed by atoms with E-state index in [4.69, 9.17) is 14.5 Å². The van der Waals surface area contributed by atoms with E-state index in [-0.39, 0.29) is 11.3 Å². The first-order valence-corrected chi connectivity index (χ1v) is 12.6. The fraction of sp³-hybridized carbons (Fsp3) is 0.172. The van der Waals surface area contributed by atoms with E-state index < -0.39 is 23.7 Å². The van der Waals surface area contributed by atoms with Crippen LogP contribution in [0.2, 0.25) is 0 Å². The van der Waals surface area contributed by atoms with Crippen LogP contribution in [-0.2, 0) is 14.3 Å². The van der Waals surface area contributed by atoms with Gasteiger partial charge in [0.15, 0.2) is 5.13 Å². The highest BCUT2D eigenvalue weighted by molar-refractivity contribution is 7.22. The van der Waals surface area contributed by atoms with Gasteiger partial charge < -0.3 is 14.6 Å². The van der Waals surface area contributed by atoms with Crippen molar-refractivity contribution in [3.63, 3.8) is 0 Å². The van der Waals surface area contributed by atoms with Gasteiger partial charge in [-0.25, -0.2) is 9.78 Å². The third kappa shape index (κ3) is 4.20. The maximum absolute atomic E-state index is 13.5. The Labute approximate surface area is 222 Å². The molecule has 0 aliphatic carbocycles. The number of carbonyl (C=O) groups is 3. The number of rotatable bonds is 5. The molecule has 1 aliphatic rings. The molecule has 0 unspecified atom stereocenters. The van der Waals surface area contributed by atoms with E-state index in [1.54, 1.807) is 48.5 Å². The van der Waals surface area contributed by atoms with Gasteiger partial charge in [0.1, 0.15) is 11.5 Å². The number of ketones is 1. The molecule has 1 fully saturated rings. The SMILES string of the molecule is COC(=O)c1ccc([C@H]2C(=C(O)c3ccc(OC)cc3)C(=O)C(=O)N2c2nc3c(C)cc(C)cc3s2)cc1. The van der Waals surface area contributed by atoms with Gasteiger partial charge in [-0.1, -0.05) is 29.5 Å². The van der Waals surface area contributed by atoms with Crippen molar-refractivity contribution in [1.82, 2.24) is 4.98 Å². The van der Waals surface area contributed by atoms with Gasteiger partial charge in [0.25, 0.3) is 5.78 Å². The number of aromatic nitrogens is 1. The molecule has 0 spiro atoms. The first kappa shape index (κ1) is 25.2. The number of aliphatic hydroxyl groups excluding tert-OH is 1. The first-order valence-electron chi connectivity index (χ1n) is 11.7. The number of amides is 1. The van der Waals surface area contributed by atoms with E-state index in [1.165, 1.54) is 30.5 Å². The summed E-state index contributed by atoms with van der Waals surface area (Å²) in [5, 5.41) is 11.7. The molecule has 38 heavy (non-hydrogen) atoms. The van der Waals surface area contributed by atoms with Crippen LogP contribution in [0.25, 0.3) is 16.0 Å². The Balaban J connectivity index is 1.71. The van der Waals surface area contributed by atoms with Gasteiger partial charge in [-0.05, 0) is 73.0 Å². The monoisotopic (exact) mass is 528 g/mol. The standard InChI is InChI=1S/C29H24N2O6S/c1-15-13-16(2)23-21(14-15)38-29(30-23)31-24(17-5-7-19(8-6-17)28(35)37-4)22(26(33)27(31)34)25(32)18-9-11-20(36-3)12-10-18/h5-14,24,32H,1-4H3/t24-/m0/s1. The third-order valence-electron chi connectivity index (χ3n) is 6.48. The second-order valence-electron chi connectivity index (χ2n) is 8.94.